The summed E-state index contributed by atoms with van der Waals surface area (Å²) in [6.45, 7) is 6.43. The van der Waals surface area contributed by atoms with Gasteiger partial charge in [-0.05, 0) is 32.0 Å². The molecule has 1 aliphatic rings. The summed E-state index contributed by atoms with van der Waals surface area (Å²) in [6, 6.07) is 5.50. The summed E-state index contributed by atoms with van der Waals surface area (Å²) in [7, 11) is 1.59. The van der Waals surface area contributed by atoms with Crippen LogP contribution in [0.2, 0.25) is 0 Å². The number of piperazine rings is 1. The van der Waals surface area contributed by atoms with Gasteiger partial charge in [0, 0.05) is 29.6 Å². The standard InChI is InChI=1S/C14H19BrN2O2/c1-14(2)9-17(7-6-16-14)13(18)11-8-10(15)4-5-12(11)19-3/h4-5,8,16H,6-7,9H2,1-3H3. The first kappa shape index (κ1) is 14.3. The van der Waals surface area contributed by atoms with Crippen LogP contribution >= 0.6 is 15.9 Å². The molecule has 1 N–H and O–H groups in total. The first-order chi connectivity index (χ1) is 8.93. The van der Waals surface area contributed by atoms with Crippen LogP contribution < -0.4 is 10.1 Å². The van der Waals surface area contributed by atoms with Crippen molar-refractivity contribution in [2.75, 3.05) is 26.7 Å². The first-order valence-electron chi connectivity index (χ1n) is 6.31. The Morgan fingerprint density at radius 1 is 1.47 bits per heavy atom. The van der Waals surface area contributed by atoms with Crippen molar-refractivity contribution < 1.29 is 9.53 Å². The number of hydrogen-bond donors (Lipinski definition) is 1. The summed E-state index contributed by atoms with van der Waals surface area (Å²) in [6.07, 6.45) is 0. The number of nitrogens with zero attached hydrogens (tertiary/aromatic N) is 1. The van der Waals surface area contributed by atoms with Gasteiger partial charge in [-0.1, -0.05) is 15.9 Å². The molecule has 0 aromatic heterocycles. The summed E-state index contributed by atoms with van der Waals surface area (Å²) in [4.78, 5) is 14.5. The Labute approximate surface area is 122 Å². The molecule has 1 aliphatic heterocycles. The highest BCUT2D eigenvalue weighted by Crippen LogP contribution is 2.25. The molecule has 0 aliphatic carbocycles. The highest BCUT2D eigenvalue weighted by molar-refractivity contribution is 9.10. The lowest BCUT2D eigenvalue weighted by molar-refractivity contribution is 0.0648. The van der Waals surface area contributed by atoms with Gasteiger partial charge >= 0.3 is 0 Å². The van der Waals surface area contributed by atoms with E-state index < -0.39 is 0 Å². The van der Waals surface area contributed by atoms with Gasteiger partial charge in [-0.3, -0.25) is 4.79 Å². The third-order valence-electron chi connectivity index (χ3n) is 3.25. The minimum absolute atomic E-state index is 0.0210. The van der Waals surface area contributed by atoms with E-state index in [9.17, 15) is 4.79 Å². The van der Waals surface area contributed by atoms with Crippen molar-refractivity contribution in [3.63, 3.8) is 0 Å². The molecule has 2 rings (SSSR count). The van der Waals surface area contributed by atoms with E-state index in [0.717, 1.165) is 17.6 Å². The SMILES string of the molecule is COc1ccc(Br)cc1C(=O)N1CCNC(C)(C)C1. The van der Waals surface area contributed by atoms with Gasteiger partial charge in [0.25, 0.3) is 5.91 Å². The lowest BCUT2D eigenvalue weighted by Crippen LogP contribution is -2.58. The highest BCUT2D eigenvalue weighted by atomic mass is 79.9. The van der Waals surface area contributed by atoms with Crippen molar-refractivity contribution >= 4 is 21.8 Å². The Hall–Kier alpha value is -1.07. The van der Waals surface area contributed by atoms with Crippen molar-refractivity contribution in [1.82, 2.24) is 10.2 Å². The van der Waals surface area contributed by atoms with Gasteiger partial charge in [-0.25, -0.2) is 0 Å². The molecule has 1 aromatic carbocycles. The highest BCUT2D eigenvalue weighted by Gasteiger charge is 2.30. The van der Waals surface area contributed by atoms with Crippen molar-refractivity contribution in [2.24, 2.45) is 0 Å². The molecule has 1 aromatic rings. The van der Waals surface area contributed by atoms with Crippen LogP contribution in [0.1, 0.15) is 24.2 Å². The molecular weight excluding hydrogens is 308 g/mol. The topological polar surface area (TPSA) is 41.6 Å². The number of ether oxygens (including phenoxy) is 1. The minimum atomic E-state index is -0.0485. The van der Waals surface area contributed by atoms with Crippen molar-refractivity contribution in [3.8, 4) is 5.75 Å². The van der Waals surface area contributed by atoms with Crippen LogP contribution in [-0.2, 0) is 0 Å². The molecular formula is C14H19BrN2O2. The second-order valence-corrected chi connectivity index (χ2v) is 6.30. The Morgan fingerprint density at radius 3 is 2.84 bits per heavy atom. The molecule has 0 atom stereocenters. The lowest BCUT2D eigenvalue weighted by Gasteiger charge is -2.39. The molecule has 0 unspecified atom stereocenters. The van der Waals surface area contributed by atoms with Gasteiger partial charge in [-0.2, -0.15) is 0 Å². The van der Waals surface area contributed by atoms with E-state index in [-0.39, 0.29) is 11.4 Å². The maximum atomic E-state index is 12.6. The first-order valence-corrected chi connectivity index (χ1v) is 7.10. The van der Waals surface area contributed by atoms with E-state index in [1.165, 1.54) is 0 Å². The molecule has 4 nitrogen and oxygen atoms in total. The fourth-order valence-corrected chi connectivity index (χ4v) is 2.69. The molecule has 1 saturated heterocycles. The van der Waals surface area contributed by atoms with E-state index in [0.29, 0.717) is 17.9 Å². The number of carbonyl (C=O) groups excluding carboxylic acids is 1. The average Bonchev–Trinajstić information content (AvgIpc) is 2.36. The van der Waals surface area contributed by atoms with Crippen LogP contribution in [0.3, 0.4) is 0 Å². The number of methoxy groups -OCH3 is 1. The quantitative estimate of drug-likeness (QED) is 0.906. The van der Waals surface area contributed by atoms with Gasteiger partial charge < -0.3 is 15.0 Å². The Bertz CT molecular complexity index is 488. The number of benzene rings is 1. The molecule has 1 fully saturated rings. The second-order valence-electron chi connectivity index (χ2n) is 5.38. The number of hydrogen-bond acceptors (Lipinski definition) is 3. The van der Waals surface area contributed by atoms with E-state index in [1.54, 1.807) is 7.11 Å². The number of rotatable bonds is 2. The average molecular weight is 327 g/mol. The lowest BCUT2D eigenvalue weighted by atomic mass is 10.0. The smallest absolute Gasteiger partial charge is 0.257 e. The zero-order valence-electron chi connectivity index (χ0n) is 11.5. The van der Waals surface area contributed by atoms with E-state index >= 15 is 0 Å². The van der Waals surface area contributed by atoms with E-state index in [2.05, 4.69) is 35.1 Å². The second kappa shape index (κ2) is 5.51. The van der Waals surface area contributed by atoms with E-state index in [4.69, 9.17) is 4.74 Å². The summed E-state index contributed by atoms with van der Waals surface area (Å²) < 4.78 is 6.16. The van der Waals surface area contributed by atoms with Crippen LogP contribution in [0.25, 0.3) is 0 Å². The molecule has 0 radical (unpaired) electrons. The zero-order chi connectivity index (χ0) is 14.0. The largest absolute Gasteiger partial charge is 0.496 e. The van der Waals surface area contributed by atoms with Crippen LogP contribution in [0.5, 0.6) is 5.75 Å². The van der Waals surface area contributed by atoms with Crippen molar-refractivity contribution in [2.45, 2.75) is 19.4 Å². The Balaban J connectivity index is 2.26. The van der Waals surface area contributed by atoms with Gasteiger partial charge in [0.2, 0.25) is 0 Å². The molecule has 104 valence electrons. The van der Waals surface area contributed by atoms with Crippen molar-refractivity contribution in [1.29, 1.82) is 0 Å². The molecule has 1 amide bonds. The number of carbonyl (C=O) groups is 1. The Morgan fingerprint density at radius 2 is 2.21 bits per heavy atom. The molecule has 0 saturated carbocycles. The van der Waals surface area contributed by atoms with E-state index in [1.807, 2.05) is 23.1 Å². The number of nitrogens with one attached hydrogen (secondary N) is 1. The maximum absolute atomic E-state index is 12.6. The predicted molar refractivity (Wildman–Crippen MR) is 78.7 cm³/mol. The molecule has 19 heavy (non-hydrogen) atoms. The van der Waals surface area contributed by atoms with Crippen molar-refractivity contribution in [3.05, 3.63) is 28.2 Å². The van der Waals surface area contributed by atoms with Crippen LogP contribution in [0.15, 0.2) is 22.7 Å². The minimum Gasteiger partial charge on any atom is -0.496 e. The summed E-state index contributed by atoms with van der Waals surface area (Å²) >= 11 is 3.40. The maximum Gasteiger partial charge on any atom is 0.257 e. The van der Waals surface area contributed by atoms with Gasteiger partial charge in [0.15, 0.2) is 0 Å². The third kappa shape index (κ3) is 3.28. The summed E-state index contributed by atoms with van der Waals surface area (Å²) in [5.74, 6) is 0.636. The van der Waals surface area contributed by atoms with Gasteiger partial charge in [0.05, 0.1) is 12.7 Å². The van der Waals surface area contributed by atoms with Crippen LogP contribution in [0, 0.1) is 0 Å². The van der Waals surface area contributed by atoms with Crippen LogP contribution in [-0.4, -0.2) is 43.1 Å². The van der Waals surface area contributed by atoms with Crippen LogP contribution in [0.4, 0.5) is 0 Å². The molecule has 1 heterocycles. The van der Waals surface area contributed by atoms with Gasteiger partial charge in [0.1, 0.15) is 5.75 Å². The zero-order valence-corrected chi connectivity index (χ0v) is 13.1. The summed E-state index contributed by atoms with van der Waals surface area (Å²) in [5, 5.41) is 3.40. The summed E-state index contributed by atoms with van der Waals surface area (Å²) in [5.41, 5.74) is 0.558. The fourth-order valence-electron chi connectivity index (χ4n) is 2.33. The normalized spacial score (nSPS) is 18.2. The number of amides is 1. The Kier molecular flexibility index (Phi) is 4.16. The molecule has 5 heteroatoms. The number of halogens is 1. The molecule has 0 bridgehead atoms. The third-order valence-corrected chi connectivity index (χ3v) is 3.74. The van der Waals surface area contributed by atoms with Gasteiger partial charge in [-0.15, -0.1) is 0 Å². The predicted octanol–water partition coefficient (Wildman–Crippen LogP) is 2.28. The fraction of sp³-hybridized carbons (Fsp3) is 0.500. The molecule has 0 spiro atoms. The monoisotopic (exact) mass is 326 g/mol.